The van der Waals surface area contributed by atoms with E-state index in [0.29, 0.717) is 13.8 Å². The van der Waals surface area contributed by atoms with Crippen LogP contribution in [0.3, 0.4) is 0 Å². The lowest BCUT2D eigenvalue weighted by Gasteiger charge is -2.35. The average molecular weight is 616 g/mol. The van der Waals surface area contributed by atoms with Gasteiger partial charge in [0.05, 0.1) is 30.9 Å². The zero-order chi connectivity index (χ0) is 30.9. The van der Waals surface area contributed by atoms with Crippen molar-refractivity contribution in [3.05, 3.63) is 42.6 Å². The highest BCUT2D eigenvalue weighted by molar-refractivity contribution is 7.93. The van der Waals surface area contributed by atoms with Gasteiger partial charge in [0, 0.05) is 18.8 Å². The van der Waals surface area contributed by atoms with Crippen LogP contribution in [-0.2, 0) is 19.6 Å². The number of aliphatic hydroxyl groups is 1. The van der Waals surface area contributed by atoms with Crippen LogP contribution in [0.4, 0.5) is 29.3 Å². The zero-order valence-corrected chi connectivity index (χ0v) is 23.5. The van der Waals surface area contributed by atoms with Crippen LogP contribution in [0.15, 0.2) is 47.5 Å². The molecule has 0 radical (unpaired) electrons. The molecule has 17 heteroatoms. The van der Waals surface area contributed by atoms with Crippen molar-refractivity contribution in [2.75, 3.05) is 35.9 Å². The third kappa shape index (κ3) is 6.30. The number of anilines is 2. The van der Waals surface area contributed by atoms with Crippen molar-refractivity contribution in [3.63, 3.8) is 0 Å². The highest BCUT2D eigenvalue weighted by Gasteiger charge is 2.51. The number of pyridine rings is 1. The molecule has 42 heavy (non-hydrogen) atoms. The molecule has 4 rings (SSSR count). The molecule has 1 atom stereocenters. The van der Waals surface area contributed by atoms with Crippen LogP contribution in [0.1, 0.15) is 20.8 Å². The minimum absolute atomic E-state index is 0.0454. The molecule has 0 saturated heterocycles. The van der Waals surface area contributed by atoms with Gasteiger partial charge in [0.25, 0.3) is 15.9 Å². The lowest BCUT2D eigenvalue weighted by Crippen LogP contribution is -2.48. The van der Waals surface area contributed by atoms with E-state index in [1.54, 1.807) is 12.1 Å². The SMILES string of the molecule is CC(=O)NC[C@H]1CN(S(=O)(=O)c2c(OCCO)nn3ccccc23)c2cc(NC(=O)OC(C)(C)C(F)(F)F)ccc2O1. The number of nitrogens with one attached hydrogen (secondary N) is 2. The van der Waals surface area contributed by atoms with Gasteiger partial charge in [-0.15, -0.1) is 5.10 Å². The topological polar surface area (TPSA) is 161 Å². The van der Waals surface area contributed by atoms with E-state index in [2.05, 4.69) is 20.5 Å². The predicted octanol–water partition coefficient (Wildman–Crippen LogP) is 2.69. The summed E-state index contributed by atoms with van der Waals surface area (Å²) >= 11 is 0. The second kappa shape index (κ2) is 11.6. The van der Waals surface area contributed by atoms with Crippen LogP contribution in [0.25, 0.3) is 5.52 Å². The molecule has 3 heterocycles. The van der Waals surface area contributed by atoms with Crippen LogP contribution >= 0.6 is 0 Å². The number of fused-ring (bicyclic) bond motifs is 2. The smallest absolute Gasteiger partial charge is 0.427 e. The second-order valence-electron chi connectivity index (χ2n) is 9.65. The third-order valence-electron chi connectivity index (χ3n) is 6.09. The summed E-state index contributed by atoms with van der Waals surface area (Å²) in [6, 6.07) is 8.52. The molecule has 228 valence electrons. The Labute approximate surface area is 238 Å². The highest BCUT2D eigenvalue weighted by atomic mass is 32.2. The molecular weight excluding hydrogens is 587 g/mol. The number of aromatic nitrogens is 2. The van der Waals surface area contributed by atoms with E-state index >= 15 is 0 Å². The van der Waals surface area contributed by atoms with E-state index in [9.17, 15) is 36.3 Å². The van der Waals surface area contributed by atoms with Crippen molar-refractivity contribution >= 4 is 38.9 Å². The van der Waals surface area contributed by atoms with Gasteiger partial charge in [0.1, 0.15) is 18.5 Å². The van der Waals surface area contributed by atoms with Gasteiger partial charge in [-0.05, 0) is 44.2 Å². The Balaban J connectivity index is 1.76. The largest absolute Gasteiger partial charge is 0.484 e. The first-order valence-electron chi connectivity index (χ1n) is 12.5. The van der Waals surface area contributed by atoms with Crippen LogP contribution in [0.2, 0.25) is 0 Å². The van der Waals surface area contributed by atoms with E-state index in [1.165, 1.54) is 41.9 Å². The summed E-state index contributed by atoms with van der Waals surface area (Å²) in [7, 11) is -4.53. The number of hydrogen-bond acceptors (Lipinski definition) is 9. The molecule has 1 aliphatic heterocycles. The van der Waals surface area contributed by atoms with Gasteiger partial charge in [0.15, 0.2) is 4.90 Å². The van der Waals surface area contributed by atoms with Crippen molar-refractivity contribution in [1.82, 2.24) is 14.9 Å². The third-order valence-corrected chi connectivity index (χ3v) is 7.91. The van der Waals surface area contributed by atoms with Crippen molar-refractivity contribution in [3.8, 4) is 11.6 Å². The van der Waals surface area contributed by atoms with Gasteiger partial charge in [-0.3, -0.25) is 14.4 Å². The summed E-state index contributed by atoms with van der Waals surface area (Å²) in [6.07, 6.45) is -5.61. The Kier molecular flexibility index (Phi) is 8.45. The quantitative estimate of drug-likeness (QED) is 0.329. The molecular formula is C25H28F3N5O8S. The van der Waals surface area contributed by atoms with Crippen LogP contribution in [0.5, 0.6) is 11.6 Å². The van der Waals surface area contributed by atoms with Crippen molar-refractivity contribution in [2.45, 2.75) is 43.5 Å². The molecule has 3 N–H and O–H groups in total. The first kappa shape index (κ1) is 30.7. The predicted molar refractivity (Wildman–Crippen MR) is 142 cm³/mol. The minimum Gasteiger partial charge on any atom is -0.484 e. The molecule has 3 aromatic rings. The van der Waals surface area contributed by atoms with Gasteiger partial charge in [-0.1, -0.05) is 6.07 Å². The number of amides is 2. The Morgan fingerprint density at radius 1 is 1.21 bits per heavy atom. The number of halogens is 3. The fraction of sp³-hybridized carbons (Fsp3) is 0.400. The van der Waals surface area contributed by atoms with Crippen molar-refractivity contribution in [2.24, 2.45) is 0 Å². The van der Waals surface area contributed by atoms with Crippen molar-refractivity contribution in [1.29, 1.82) is 0 Å². The van der Waals surface area contributed by atoms with Gasteiger partial charge in [-0.2, -0.15) is 13.2 Å². The lowest BCUT2D eigenvalue weighted by atomic mass is 10.1. The number of aliphatic hydroxyl groups excluding tert-OH is 1. The first-order valence-corrected chi connectivity index (χ1v) is 13.9. The molecule has 0 saturated carbocycles. The van der Waals surface area contributed by atoms with Gasteiger partial charge < -0.3 is 24.6 Å². The molecule has 13 nitrogen and oxygen atoms in total. The normalized spacial score (nSPS) is 15.5. The Hall–Kier alpha value is -4.25. The molecule has 0 unspecified atom stereocenters. The highest BCUT2D eigenvalue weighted by Crippen LogP contribution is 2.41. The maximum atomic E-state index is 14.3. The molecule has 2 amide bonds. The number of alkyl halides is 3. The molecule has 0 fully saturated rings. The van der Waals surface area contributed by atoms with Crippen LogP contribution in [-0.4, -0.2) is 79.3 Å². The number of carbonyl (C=O) groups excluding carboxylic acids is 2. The molecule has 1 aromatic carbocycles. The summed E-state index contributed by atoms with van der Waals surface area (Å²) in [4.78, 5) is 23.5. The lowest BCUT2D eigenvalue weighted by molar-refractivity contribution is -0.242. The number of benzene rings is 1. The fourth-order valence-electron chi connectivity index (χ4n) is 3.96. The summed E-state index contributed by atoms with van der Waals surface area (Å²) < 4.78 is 86.3. The zero-order valence-electron chi connectivity index (χ0n) is 22.6. The average Bonchev–Trinajstić information content (AvgIpc) is 3.28. The number of carbonyl (C=O) groups is 2. The number of sulfonamides is 1. The van der Waals surface area contributed by atoms with Gasteiger partial charge >= 0.3 is 12.3 Å². The van der Waals surface area contributed by atoms with E-state index in [4.69, 9.17) is 9.47 Å². The molecule has 1 aliphatic rings. The summed E-state index contributed by atoms with van der Waals surface area (Å²) in [6.45, 7) is 1.63. The molecule has 0 aliphatic carbocycles. The Morgan fingerprint density at radius 2 is 1.95 bits per heavy atom. The minimum atomic E-state index is -4.84. The van der Waals surface area contributed by atoms with Gasteiger partial charge in [0.2, 0.25) is 11.5 Å². The number of nitrogens with zero attached hydrogens (tertiary/aromatic N) is 3. The summed E-state index contributed by atoms with van der Waals surface area (Å²) in [5.41, 5.74) is -2.79. The fourth-order valence-corrected chi connectivity index (χ4v) is 5.69. The van der Waals surface area contributed by atoms with Gasteiger partial charge in [-0.25, -0.2) is 17.7 Å². The second-order valence-corrected chi connectivity index (χ2v) is 11.5. The summed E-state index contributed by atoms with van der Waals surface area (Å²) in [5.74, 6) is -0.612. The molecule has 0 spiro atoms. The molecule has 2 aromatic heterocycles. The van der Waals surface area contributed by atoms with E-state index in [-0.39, 0.29) is 59.0 Å². The van der Waals surface area contributed by atoms with Crippen molar-refractivity contribution < 1.29 is 50.5 Å². The van der Waals surface area contributed by atoms with E-state index < -0.39 is 40.6 Å². The Morgan fingerprint density at radius 3 is 2.62 bits per heavy atom. The maximum absolute atomic E-state index is 14.3. The monoisotopic (exact) mass is 615 g/mol. The standard InChI is InChI=1S/C25H28F3N5O8S/c1-15(35)29-13-17-14-33(42(37,38)21-18-6-4-5-9-32(18)31-22(21)39-11-10-34)19-12-16(7-8-20(19)40-17)30-23(36)41-24(2,3)25(26,27)28/h4-9,12,17,34H,10-11,13-14H2,1-3H3,(H,29,35)(H,30,36)/t17-/m0/s1. The maximum Gasteiger partial charge on any atom is 0.427 e. The van der Waals surface area contributed by atoms with E-state index in [0.717, 1.165) is 4.31 Å². The Bertz CT molecular complexity index is 1590. The van der Waals surface area contributed by atoms with Crippen LogP contribution < -0.4 is 24.4 Å². The van der Waals surface area contributed by atoms with Crippen LogP contribution in [0, 0.1) is 0 Å². The first-order chi connectivity index (χ1) is 19.6. The van der Waals surface area contributed by atoms with E-state index in [1.807, 2.05) is 0 Å². The number of hydrogen-bond donors (Lipinski definition) is 3. The number of ether oxygens (including phenoxy) is 3. The molecule has 0 bridgehead atoms. The summed E-state index contributed by atoms with van der Waals surface area (Å²) in [5, 5.41) is 18.2. The number of rotatable bonds is 9.